The molecule has 30 heavy (non-hydrogen) atoms. The maximum Gasteiger partial charge on any atom is 0.328 e. The number of fused-ring (bicyclic) bond motifs is 1. The van der Waals surface area contributed by atoms with Crippen LogP contribution >= 0.6 is 0 Å². The number of aromatic nitrogens is 2. The lowest BCUT2D eigenvalue weighted by molar-refractivity contribution is -0.131. The molecule has 0 atom stereocenters. The van der Waals surface area contributed by atoms with E-state index in [1.165, 1.54) is 18.2 Å². The van der Waals surface area contributed by atoms with Crippen molar-refractivity contribution in [3.63, 3.8) is 0 Å². The summed E-state index contributed by atoms with van der Waals surface area (Å²) in [4.78, 5) is 31.4. The molecule has 4 rings (SSSR count). The van der Waals surface area contributed by atoms with Crippen LogP contribution in [0.1, 0.15) is 27.0 Å². The largest absolute Gasteiger partial charge is 0.478 e. The summed E-state index contributed by atoms with van der Waals surface area (Å²) in [7, 11) is 0. The number of aliphatic carboxylic acids is 1. The minimum Gasteiger partial charge on any atom is -0.478 e. The molecule has 0 bridgehead atoms. The average molecular weight is 400 g/mol. The Morgan fingerprint density at radius 2 is 1.93 bits per heavy atom. The number of nitrogens with one attached hydrogen (secondary N) is 1. The number of hydrogen-bond donors (Lipinski definition) is 2. The second-order valence-electron chi connectivity index (χ2n) is 6.87. The Morgan fingerprint density at radius 3 is 2.73 bits per heavy atom. The summed E-state index contributed by atoms with van der Waals surface area (Å²) in [6, 6.07) is 13.3. The molecule has 2 N–H and O–H groups in total. The summed E-state index contributed by atoms with van der Waals surface area (Å²) in [6.07, 6.45) is 5.79. The number of carboxylic acids is 1. The highest BCUT2D eigenvalue weighted by Crippen LogP contribution is 2.32. The van der Waals surface area contributed by atoms with E-state index in [9.17, 15) is 14.0 Å². The van der Waals surface area contributed by atoms with E-state index in [4.69, 9.17) is 5.11 Å². The predicted octanol–water partition coefficient (Wildman–Crippen LogP) is 5.01. The van der Waals surface area contributed by atoms with Crippen LogP contribution in [0.25, 0.3) is 28.2 Å². The fourth-order valence-corrected chi connectivity index (χ4v) is 3.44. The molecule has 0 aliphatic carbocycles. The molecule has 6 heteroatoms. The Hall–Kier alpha value is -4.06. The zero-order chi connectivity index (χ0) is 21.3. The van der Waals surface area contributed by atoms with E-state index in [2.05, 4.69) is 9.97 Å². The van der Waals surface area contributed by atoms with E-state index in [-0.39, 0.29) is 5.78 Å². The van der Waals surface area contributed by atoms with Crippen LogP contribution in [0.2, 0.25) is 0 Å². The van der Waals surface area contributed by atoms with E-state index in [1.807, 2.05) is 18.2 Å². The van der Waals surface area contributed by atoms with Gasteiger partial charge >= 0.3 is 5.97 Å². The number of halogens is 1. The molecular formula is C24H17FN2O3. The standard InChI is InChI=1S/C24H17FN2O3/c1-14-5-7-17(25)12-19(14)23(30)20-13-27-24-22(20)18(9-10-26-24)16-4-2-3-15(11-16)6-8-21(28)29/h2-13H,1H3,(H,26,27)(H,28,29). The molecule has 0 radical (unpaired) electrons. The first-order chi connectivity index (χ1) is 14.4. The van der Waals surface area contributed by atoms with Crippen molar-refractivity contribution in [1.82, 2.24) is 9.97 Å². The Kier molecular flexibility index (Phi) is 4.98. The normalized spacial score (nSPS) is 11.3. The minimum atomic E-state index is -1.03. The molecule has 0 saturated carbocycles. The number of pyridine rings is 1. The number of benzene rings is 2. The number of nitrogens with zero attached hydrogens (tertiary/aromatic N) is 1. The average Bonchev–Trinajstić information content (AvgIpc) is 3.18. The maximum atomic E-state index is 13.8. The van der Waals surface area contributed by atoms with Gasteiger partial charge in [-0.15, -0.1) is 0 Å². The number of H-pyrrole nitrogens is 1. The van der Waals surface area contributed by atoms with Crippen LogP contribution in [0.3, 0.4) is 0 Å². The monoisotopic (exact) mass is 400 g/mol. The lowest BCUT2D eigenvalue weighted by Crippen LogP contribution is -2.04. The van der Waals surface area contributed by atoms with Crippen LogP contribution in [0.4, 0.5) is 4.39 Å². The third-order valence-electron chi connectivity index (χ3n) is 4.88. The Balaban J connectivity index is 1.87. The third kappa shape index (κ3) is 3.63. The zero-order valence-corrected chi connectivity index (χ0v) is 16.0. The van der Waals surface area contributed by atoms with Crippen molar-refractivity contribution in [3.8, 4) is 11.1 Å². The number of aromatic amines is 1. The first kappa shape index (κ1) is 19.3. The fourth-order valence-electron chi connectivity index (χ4n) is 3.44. The molecule has 2 aromatic heterocycles. The number of carbonyl (C=O) groups excluding carboxylic acids is 1. The smallest absolute Gasteiger partial charge is 0.328 e. The van der Waals surface area contributed by atoms with Crippen molar-refractivity contribution in [2.24, 2.45) is 0 Å². The fraction of sp³-hybridized carbons (Fsp3) is 0.0417. The van der Waals surface area contributed by atoms with Crippen molar-refractivity contribution in [2.45, 2.75) is 6.92 Å². The van der Waals surface area contributed by atoms with Crippen molar-refractivity contribution < 1.29 is 19.1 Å². The maximum absolute atomic E-state index is 13.8. The van der Waals surface area contributed by atoms with Crippen LogP contribution in [-0.4, -0.2) is 26.8 Å². The summed E-state index contributed by atoms with van der Waals surface area (Å²) in [6.45, 7) is 1.76. The molecule has 2 aromatic carbocycles. The Labute approximate surface area is 171 Å². The summed E-state index contributed by atoms with van der Waals surface area (Å²) in [5.41, 5.74) is 4.20. The summed E-state index contributed by atoms with van der Waals surface area (Å²) >= 11 is 0. The van der Waals surface area contributed by atoms with Crippen LogP contribution in [-0.2, 0) is 4.79 Å². The Morgan fingerprint density at radius 1 is 1.10 bits per heavy atom. The van der Waals surface area contributed by atoms with Gasteiger partial charge in [0.1, 0.15) is 11.5 Å². The van der Waals surface area contributed by atoms with Gasteiger partial charge in [0.2, 0.25) is 0 Å². The van der Waals surface area contributed by atoms with Gasteiger partial charge < -0.3 is 10.1 Å². The van der Waals surface area contributed by atoms with Gasteiger partial charge in [-0.2, -0.15) is 0 Å². The molecule has 0 aliphatic heterocycles. The van der Waals surface area contributed by atoms with E-state index < -0.39 is 11.8 Å². The van der Waals surface area contributed by atoms with Gasteiger partial charge in [0, 0.05) is 29.4 Å². The molecule has 0 spiro atoms. The number of ketones is 1. The molecule has 148 valence electrons. The highest BCUT2D eigenvalue weighted by Gasteiger charge is 2.20. The zero-order valence-electron chi connectivity index (χ0n) is 16.0. The first-order valence-corrected chi connectivity index (χ1v) is 9.22. The second kappa shape index (κ2) is 7.75. The lowest BCUT2D eigenvalue weighted by Gasteiger charge is -2.08. The predicted molar refractivity (Wildman–Crippen MR) is 113 cm³/mol. The van der Waals surface area contributed by atoms with Crippen LogP contribution in [0.15, 0.2) is 67.0 Å². The van der Waals surface area contributed by atoms with Crippen molar-refractivity contribution in [3.05, 3.63) is 95.1 Å². The number of rotatable bonds is 5. The van der Waals surface area contributed by atoms with E-state index in [0.29, 0.717) is 33.3 Å². The molecule has 0 unspecified atom stereocenters. The van der Waals surface area contributed by atoms with Crippen LogP contribution in [0, 0.1) is 12.7 Å². The summed E-state index contributed by atoms with van der Waals surface area (Å²) in [5, 5.41) is 9.49. The molecule has 0 saturated heterocycles. The van der Waals surface area contributed by atoms with Crippen molar-refractivity contribution in [1.29, 1.82) is 0 Å². The molecule has 0 aliphatic rings. The SMILES string of the molecule is Cc1ccc(F)cc1C(=O)c1c[nH]c2nccc(-c3cccc(C=CC(=O)O)c3)c12. The molecule has 0 fully saturated rings. The van der Waals surface area contributed by atoms with Gasteiger partial charge in [-0.3, -0.25) is 4.79 Å². The van der Waals surface area contributed by atoms with Crippen LogP contribution in [0.5, 0.6) is 0 Å². The van der Waals surface area contributed by atoms with E-state index >= 15 is 0 Å². The summed E-state index contributed by atoms with van der Waals surface area (Å²) in [5.74, 6) is -1.80. The van der Waals surface area contributed by atoms with Gasteiger partial charge in [0.25, 0.3) is 0 Å². The Bertz CT molecular complexity index is 1320. The molecular weight excluding hydrogens is 383 g/mol. The van der Waals surface area contributed by atoms with Crippen molar-refractivity contribution >= 4 is 28.9 Å². The van der Waals surface area contributed by atoms with E-state index in [0.717, 1.165) is 17.2 Å². The van der Waals surface area contributed by atoms with Gasteiger partial charge in [-0.05, 0) is 59.5 Å². The number of aryl methyl sites for hydroxylation is 1. The molecule has 5 nitrogen and oxygen atoms in total. The van der Waals surface area contributed by atoms with Gasteiger partial charge in [0.05, 0.1) is 5.56 Å². The second-order valence-corrected chi connectivity index (χ2v) is 6.87. The van der Waals surface area contributed by atoms with Gasteiger partial charge in [0.15, 0.2) is 5.78 Å². The lowest BCUT2D eigenvalue weighted by atomic mass is 9.94. The highest BCUT2D eigenvalue weighted by molar-refractivity contribution is 6.19. The van der Waals surface area contributed by atoms with Gasteiger partial charge in [-0.25, -0.2) is 14.2 Å². The first-order valence-electron chi connectivity index (χ1n) is 9.22. The van der Waals surface area contributed by atoms with Crippen LogP contribution < -0.4 is 0 Å². The third-order valence-corrected chi connectivity index (χ3v) is 4.88. The summed E-state index contributed by atoms with van der Waals surface area (Å²) < 4.78 is 13.8. The van der Waals surface area contributed by atoms with Gasteiger partial charge in [-0.1, -0.05) is 24.3 Å². The number of carboxylic acid groups (broad SMARTS) is 1. The van der Waals surface area contributed by atoms with Crippen molar-refractivity contribution in [2.75, 3.05) is 0 Å². The highest BCUT2D eigenvalue weighted by atomic mass is 19.1. The quantitative estimate of drug-likeness (QED) is 0.365. The molecule has 2 heterocycles. The topological polar surface area (TPSA) is 83.0 Å². The molecule has 4 aromatic rings. The molecule has 0 amide bonds. The number of hydrogen-bond acceptors (Lipinski definition) is 3. The van der Waals surface area contributed by atoms with E-state index in [1.54, 1.807) is 37.5 Å². The number of carbonyl (C=O) groups is 2. The minimum absolute atomic E-state index is 0.295.